The average Bonchev–Trinajstić information content (AvgIpc) is 4.01. The van der Waals surface area contributed by atoms with Gasteiger partial charge in [-0.2, -0.15) is 0 Å². The van der Waals surface area contributed by atoms with E-state index >= 15 is 0 Å². The molecule has 2 aliphatic heterocycles. The molecule has 64 heavy (non-hydrogen) atoms. The van der Waals surface area contributed by atoms with Gasteiger partial charge in [-0.15, -0.1) is 0 Å². The van der Waals surface area contributed by atoms with E-state index in [4.69, 9.17) is 34.8 Å². The second kappa shape index (κ2) is 20.6. The number of rotatable bonds is 12. The number of carbonyl (C=O) groups is 2. The average molecular weight is 962 g/mol. The minimum absolute atomic E-state index is 0.0505. The second-order valence-electron chi connectivity index (χ2n) is 15.2. The zero-order chi connectivity index (χ0) is 45.4. The Kier molecular flexibility index (Phi) is 15.0. The lowest BCUT2D eigenvalue weighted by atomic mass is 10.0. The number of halogens is 4. The third-order valence-corrected chi connectivity index (χ3v) is 15.6. The van der Waals surface area contributed by atoms with Crippen molar-refractivity contribution in [3.05, 3.63) is 190 Å². The molecule has 6 aromatic carbocycles. The highest BCUT2D eigenvalue weighted by atomic mass is 35.5. The molecule has 2 heterocycles. The lowest BCUT2D eigenvalue weighted by Crippen LogP contribution is -2.43. The van der Waals surface area contributed by atoms with Crippen molar-refractivity contribution in [1.29, 1.82) is 0 Å². The van der Waals surface area contributed by atoms with Crippen LogP contribution in [-0.4, -0.2) is 64.6 Å². The number of benzene rings is 6. The van der Waals surface area contributed by atoms with Gasteiger partial charge in [-0.25, -0.2) is 21.2 Å². The largest absolute Gasteiger partial charge is 0.334 e. The fourth-order valence-corrected chi connectivity index (χ4v) is 11.6. The van der Waals surface area contributed by atoms with Crippen LogP contribution in [0.1, 0.15) is 48.9 Å². The van der Waals surface area contributed by atoms with Crippen LogP contribution in [0.2, 0.25) is 15.1 Å². The van der Waals surface area contributed by atoms with Gasteiger partial charge >= 0.3 is 0 Å². The quantitative estimate of drug-likeness (QED) is 0.121. The molecule has 0 saturated carbocycles. The Balaban J connectivity index is 0.000000191. The molecule has 2 saturated heterocycles. The molecular formula is C48H44Cl3FN4O6S2. The first-order chi connectivity index (χ1) is 30.7. The lowest BCUT2D eigenvalue weighted by Gasteiger charge is -2.30. The summed E-state index contributed by atoms with van der Waals surface area (Å²) in [6, 6.07) is 42.8. The zero-order valence-electron chi connectivity index (χ0n) is 34.4. The number of nitrogens with zero attached hydrogens (tertiary/aromatic N) is 4. The SMILES string of the molecule is O=C(CN(c1ccc(Cl)cc1)S(=O)(=O)c1cccc(F)c1)N1CCCC1c1ccccc1.O=C(CN(c1ccc(Cl)cc1)S(=O)(=O)c1ccccc1Cl)N1CCCC1c1ccccc1. The molecule has 2 atom stereocenters. The lowest BCUT2D eigenvalue weighted by molar-refractivity contribution is -0.131. The number of amides is 2. The first-order valence-electron chi connectivity index (χ1n) is 20.5. The van der Waals surface area contributed by atoms with Gasteiger partial charge < -0.3 is 9.80 Å². The fourth-order valence-electron chi connectivity index (χ4n) is 7.97. The van der Waals surface area contributed by atoms with Crippen LogP contribution in [-0.2, 0) is 29.6 Å². The maximum Gasteiger partial charge on any atom is 0.266 e. The molecule has 16 heteroatoms. The highest BCUT2D eigenvalue weighted by Gasteiger charge is 2.36. The second-order valence-corrected chi connectivity index (χ2v) is 20.1. The standard InChI is InChI=1S/C24H22Cl2N2O3S.C24H22ClFN2O3S/c25-19-12-14-20(15-13-19)28(32(30,31)23-11-5-4-9-21(23)26)17-24(29)27-16-6-10-22(27)18-7-2-1-3-8-18;25-19-11-13-21(14-12-19)28(32(30,31)22-9-4-8-20(26)16-22)17-24(29)27-15-5-10-23(27)18-6-2-1-3-7-18/h1-5,7-9,11-15,22H,6,10,16-17H2;1-4,6-9,11-14,16,23H,5,10,15,17H2. The van der Waals surface area contributed by atoms with Gasteiger partial charge in [0, 0.05) is 23.1 Å². The van der Waals surface area contributed by atoms with Crippen LogP contribution in [0.4, 0.5) is 15.8 Å². The van der Waals surface area contributed by atoms with E-state index in [1.165, 1.54) is 42.5 Å². The van der Waals surface area contributed by atoms with E-state index in [9.17, 15) is 30.8 Å². The molecule has 0 aromatic heterocycles. The molecule has 6 aromatic rings. The minimum atomic E-state index is -4.19. The topological polar surface area (TPSA) is 115 Å². The first kappa shape index (κ1) is 46.5. The van der Waals surface area contributed by atoms with Gasteiger partial charge in [-0.05, 0) is 116 Å². The van der Waals surface area contributed by atoms with E-state index < -0.39 is 32.4 Å². The predicted molar refractivity (Wildman–Crippen MR) is 250 cm³/mol. The summed E-state index contributed by atoms with van der Waals surface area (Å²) >= 11 is 18.2. The van der Waals surface area contributed by atoms with Crippen molar-refractivity contribution < 1.29 is 30.8 Å². The maximum absolute atomic E-state index is 13.8. The molecule has 2 fully saturated rings. The van der Waals surface area contributed by atoms with Gasteiger partial charge in [0.1, 0.15) is 23.8 Å². The number of likely N-dealkylation sites (tertiary alicyclic amines) is 2. The molecule has 2 aliphatic rings. The van der Waals surface area contributed by atoms with Crippen LogP contribution in [0.25, 0.3) is 0 Å². The third-order valence-electron chi connectivity index (χ3n) is 11.1. The van der Waals surface area contributed by atoms with Gasteiger partial charge in [0.2, 0.25) is 11.8 Å². The molecule has 0 bridgehead atoms. The normalized spacial score (nSPS) is 16.2. The summed E-state index contributed by atoms with van der Waals surface area (Å²) in [7, 11) is -8.29. The number of sulfonamides is 2. The summed E-state index contributed by atoms with van der Waals surface area (Å²) in [5.74, 6) is -1.25. The maximum atomic E-state index is 13.8. The van der Waals surface area contributed by atoms with Crippen molar-refractivity contribution in [2.45, 2.75) is 47.6 Å². The van der Waals surface area contributed by atoms with Crippen LogP contribution in [0.15, 0.2) is 168 Å². The summed E-state index contributed by atoms with van der Waals surface area (Å²) in [5, 5.41) is 1.01. The Morgan fingerprint density at radius 3 is 1.44 bits per heavy atom. The predicted octanol–water partition coefficient (Wildman–Crippen LogP) is 10.6. The third kappa shape index (κ3) is 10.7. The van der Waals surface area contributed by atoms with E-state index in [2.05, 4.69) is 0 Å². The van der Waals surface area contributed by atoms with E-state index in [1.54, 1.807) is 58.3 Å². The van der Waals surface area contributed by atoms with Gasteiger partial charge in [-0.3, -0.25) is 18.2 Å². The molecule has 8 rings (SSSR count). The van der Waals surface area contributed by atoms with Crippen molar-refractivity contribution in [3.63, 3.8) is 0 Å². The van der Waals surface area contributed by atoms with E-state index in [0.717, 1.165) is 51.5 Å². The van der Waals surface area contributed by atoms with E-state index in [0.29, 0.717) is 28.8 Å². The number of hydrogen-bond acceptors (Lipinski definition) is 6. The summed E-state index contributed by atoms with van der Waals surface area (Å²) in [4.78, 5) is 30.0. The molecule has 0 radical (unpaired) electrons. The Morgan fingerprint density at radius 2 is 0.984 bits per heavy atom. The molecule has 2 unspecified atom stereocenters. The van der Waals surface area contributed by atoms with Crippen LogP contribution in [0.3, 0.4) is 0 Å². The fraction of sp³-hybridized carbons (Fsp3) is 0.208. The van der Waals surface area contributed by atoms with E-state index in [1.807, 2.05) is 60.7 Å². The number of hydrogen-bond donors (Lipinski definition) is 0. The number of carbonyl (C=O) groups excluding carboxylic acids is 2. The van der Waals surface area contributed by atoms with Crippen molar-refractivity contribution in [2.24, 2.45) is 0 Å². The number of anilines is 2. The Morgan fingerprint density at radius 1 is 0.547 bits per heavy atom. The molecular weight excluding hydrogens is 918 g/mol. The van der Waals surface area contributed by atoms with Crippen molar-refractivity contribution in [3.8, 4) is 0 Å². The summed E-state index contributed by atoms with van der Waals surface area (Å²) in [6.45, 7) is 0.397. The van der Waals surface area contributed by atoms with Crippen molar-refractivity contribution >= 4 is 78.0 Å². The Labute approximate surface area is 388 Å². The van der Waals surface area contributed by atoms with Crippen LogP contribution in [0, 0.1) is 5.82 Å². The van der Waals surface area contributed by atoms with E-state index in [-0.39, 0.29) is 50.9 Å². The summed E-state index contributed by atoms with van der Waals surface area (Å²) in [6.07, 6.45) is 3.35. The van der Waals surface area contributed by atoms with Gasteiger partial charge in [0.15, 0.2) is 0 Å². The van der Waals surface area contributed by atoms with Crippen molar-refractivity contribution in [1.82, 2.24) is 9.80 Å². The Bertz CT molecular complexity index is 2790. The van der Waals surface area contributed by atoms with Gasteiger partial charge in [0.25, 0.3) is 20.0 Å². The summed E-state index contributed by atoms with van der Waals surface area (Å²) < 4.78 is 69.9. The highest BCUT2D eigenvalue weighted by molar-refractivity contribution is 7.93. The van der Waals surface area contributed by atoms with Gasteiger partial charge in [0.05, 0.1) is 33.4 Å². The monoisotopic (exact) mass is 960 g/mol. The first-order valence-corrected chi connectivity index (χ1v) is 24.5. The molecule has 2 amide bonds. The van der Waals surface area contributed by atoms with Gasteiger partial charge in [-0.1, -0.05) is 114 Å². The van der Waals surface area contributed by atoms with Crippen LogP contribution in [0.5, 0.6) is 0 Å². The van der Waals surface area contributed by atoms with Crippen LogP contribution < -0.4 is 8.61 Å². The molecule has 332 valence electrons. The summed E-state index contributed by atoms with van der Waals surface area (Å²) in [5.41, 5.74) is 2.69. The minimum Gasteiger partial charge on any atom is -0.334 e. The highest BCUT2D eigenvalue weighted by Crippen LogP contribution is 2.35. The molecule has 0 aliphatic carbocycles. The molecule has 0 spiro atoms. The smallest absolute Gasteiger partial charge is 0.266 e. The van der Waals surface area contributed by atoms with Crippen molar-refractivity contribution in [2.75, 3.05) is 34.8 Å². The molecule has 10 nitrogen and oxygen atoms in total. The van der Waals surface area contributed by atoms with Crippen LogP contribution >= 0.6 is 34.8 Å². The zero-order valence-corrected chi connectivity index (χ0v) is 38.3. The molecule has 0 N–H and O–H groups in total. The Hall–Kier alpha value is -5.44.